The minimum atomic E-state index is 0.980. The van der Waals surface area contributed by atoms with Crippen LogP contribution >= 0.6 is 0 Å². The first-order valence-electron chi connectivity index (χ1n) is 7.19. The second-order valence-corrected chi connectivity index (χ2v) is 4.13. The lowest BCUT2D eigenvalue weighted by Gasteiger charge is -2.25. The summed E-state index contributed by atoms with van der Waals surface area (Å²) >= 11 is 0. The molecule has 0 aliphatic heterocycles. The summed E-state index contributed by atoms with van der Waals surface area (Å²) in [5.41, 5.74) is 2.75. The van der Waals surface area contributed by atoms with Gasteiger partial charge in [0.1, 0.15) is 0 Å². The second-order valence-electron chi connectivity index (χ2n) is 4.13. The van der Waals surface area contributed by atoms with Crippen molar-refractivity contribution in [1.29, 1.82) is 0 Å². The molecule has 0 aromatic rings. The van der Waals surface area contributed by atoms with Crippen molar-refractivity contribution >= 4 is 0 Å². The maximum absolute atomic E-state index is 3.73. The molecule has 0 unspecified atom stereocenters. The van der Waals surface area contributed by atoms with Crippen molar-refractivity contribution in [2.45, 2.75) is 67.2 Å². The highest BCUT2D eigenvalue weighted by Gasteiger charge is 2.16. The maximum atomic E-state index is 3.73. The first-order chi connectivity index (χ1) is 8.22. The van der Waals surface area contributed by atoms with Gasteiger partial charge in [-0.1, -0.05) is 82.9 Å². The SMILES string of the molecule is C=C/C(C)=C\C=C(/C)CC1CCC1.CC.CC. The summed E-state index contributed by atoms with van der Waals surface area (Å²) in [5, 5.41) is 0. The molecule has 0 heteroatoms. The van der Waals surface area contributed by atoms with Crippen LogP contribution in [0.2, 0.25) is 0 Å². The van der Waals surface area contributed by atoms with Crippen molar-refractivity contribution in [2.75, 3.05) is 0 Å². The maximum Gasteiger partial charge on any atom is -0.0291 e. The average Bonchev–Trinajstić information content (AvgIpc) is 2.35. The molecule has 0 radical (unpaired) electrons. The van der Waals surface area contributed by atoms with Gasteiger partial charge in [0.2, 0.25) is 0 Å². The third-order valence-corrected chi connectivity index (χ3v) is 2.79. The molecule has 0 N–H and O–H groups in total. The van der Waals surface area contributed by atoms with Crippen molar-refractivity contribution in [3.05, 3.63) is 36.0 Å². The Morgan fingerprint density at radius 2 is 1.59 bits per heavy atom. The Labute approximate surface area is 110 Å². The molecule has 1 aliphatic carbocycles. The van der Waals surface area contributed by atoms with Crippen molar-refractivity contribution in [2.24, 2.45) is 5.92 Å². The summed E-state index contributed by atoms with van der Waals surface area (Å²) in [7, 11) is 0. The summed E-state index contributed by atoms with van der Waals surface area (Å²) in [5.74, 6) is 0.980. The van der Waals surface area contributed by atoms with E-state index < -0.39 is 0 Å². The van der Waals surface area contributed by atoms with Crippen LogP contribution in [0.3, 0.4) is 0 Å². The lowest BCUT2D eigenvalue weighted by molar-refractivity contribution is 0.314. The van der Waals surface area contributed by atoms with Gasteiger partial charge in [-0.3, -0.25) is 0 Å². The minimum absolute atomic E-state index is 0.980. The molecular formula is C17H32. The zero-order valence-corrected chi connectivity index (χ0v) is 12.8. The van der Waals surface area contributed by atoms with Crippen LogP contribution in [0.5, 0.6) is 0 Å². The molecule has 0 aromatic heterocycles. The average molecular weight is 236 g/mol. The van der Waals surface area contributed by atoms with Crippen LogP contribution in [0.25, 0.3) is 0 Å². The van der Waals surface area contributed by atoms with Crippen LogP contribution in [0, 0.1) is 5.92 Å². The zero-order chi connectivity index (χ0) is 13.7. The van der Waals surface area contributed by atoms with Gasteiger partial charge in [-0.2, -0.15) is 0 Å². The Morgan fingerprint density at radius 1 is 1.06 bits per heavy atom. The highest BCUT2D eigenvalue weighted by atomic mass is 14.2. The quantitative estimate of drug-likeness (QED) is 0.502. The fourth-order valence-corrected chi connectivity index (χ4v) is 1.56. The number of hydrogen-bond acceptors (Lipinski definition) is 0. The molecule has 1 saturated carbocycles. The fourth-order valence-electron chi connectivity index (χ4n) is 1.56. The van der Waals surface area contributed by atoms with Gasteiger partial charge in [0, 0.05) is 0 Å². The molecule has 1 rings (SSSR count). The summed E-state index contributed by atoms with van der Waals surface area (Å²) in [6.07, 6.45) is 11.9. The zero-order valence-electron chi connectivity index (χ0n) is 12.8. The van der Waals surface area contributed by atoms with Gasteiger partial charge in [0.25, 0.3) is 0 Å². The van der Waals surface area contributed by atoms with Crippen LogP contribution in [0.4, 0.5) is 0 Å². The van der Waals surface area contributed by atoms with Crippen LogP contribution in [-0.4, -0.2) is 0 Å². The summed E-state index contributed by atoms with van der Waals surface area (Å²) in [4.78, 5) is 0. The lowest BCUT2D eigenvalue weighted by atomic mass is 9.81. The highest BCUT2D eigenvalue weighted by molar-refractivity contribution is 5.22. The molecule has 0 amide bonds. The van der Waals surface area contributed by atoms with Crippen molar-refractivity contribution in [3.63, 3.8) is 0 Å². The van der Waals surface area contributed by atoms with Gasteiger partial charge in [-0.25, -0.2) is 0 Å². The standard InChI is InChI=1S/C13H20.2C2H6/c1-4-11(2)8-9-12(3)10-13-6-5-7-13;2*1-2/h4,8-9,13H,1,5-7,10H2,2-3H3;2*1-2H3/b11-8-,12-9+;;. The minimum Gasteiger partial charge on any atom is -0.0988 e. The van der Waals surface area contributed by atoms with E-state index in [1.807, 2.05) is 33.8 Å². The molecule has 17 heavy (non-hydrogen) atoms. The third-order valence-electron chi connectivity index (χ3n) is 2.79. The van der Waals surface area contributed by atoms with E-state index in [4.69, 9.17) is 0 Å². The molecule has 0 atom stereocenters. The monoisotopic (exact) mass is 236 g/mol. The molecule has 0 saturated heterocycles. The van der Waals surface area contributed by atoms with E-state index in [1.54, 1.807) is 0 Å². The van der Waals surface area contributed by atoms with E-state index in [2.05, 4.69) is 32.6 Å². The molecule has 0 spiro atoms. The smallest absolute Gasteiger partial charge is 0.0291 e. The Hall–Kier alpha value is -0.780. The topological polar surface area (TPSA) is 0 Å². The van der Waals surface area contributed by atoms with Gasteiger partial charge < -0.3 is 0 Å². The Morgan fingerprint density at radius 3 is 1.94 bits per heavy atom. The number of hydrogen-bond donors (Lipinski definition) is 0. The molecule has 1 aliphatic rings. The molecule has 100 valence electrons. The predicted octanol–water partition coefficient (Wildman–Crippen LogP) is 6.31. The van der Waals surface area contributed by atoms with Crippen LogP contribution in [-0.2, 0) is 0 Å². The molecule has 0 aromatic carbocycles. The van der Waals surface area contributed by atoms with E-state index in [0.29, 0.717) is 0 Å². The molecule has 1 fully saturated rings. The lowest BCUT2D eigenvalue weighted by Crippen LogP contribution is -2.10. The molecule has 0 bridgehead atoms. The van der Waals surface area contributed by atoms with Crippen molar-refractivity contribution in [3.8, 4) is 0 Å². The fraction of sp³-hybridized carbons (Fsp3) is 0.647. The third kappa shape index (κ3) is 10.1. The first-order valence-corrected chi connectivity index (χ1v) is 7.19. The summed E-state index contributed by atoms with van der Waals surface area (Å²) in [6, 6.07) is 0. The predicted molar refractivity (Wildman–Crippen MR) is 82.4 cm³/mol. The largest absolute Gasteiger partial charge is 0.0988 e. The van der Waals surface area contributed by atoms with Crippen LogP contribution in [0.1, 0.15) is 67.2 Å². The Bertz CT molecular complexity index is 226. The second kappa shape index (κ2) is 13.3. The Kier molecular flexibility index (Phi) is 14.5. The summed E-state index contributed by atoms with van der Waals surface area (Å²) < 4.78 is 0. The Balaban J connectivity index is 0. The normalized spacial score (nSPS) is 15.9. The number of allylic oxidation sites excluding steroid dienone is 5. The van der Waals surface area contributed by atoms with Gasteiger partial charge in [-0.05, 0) is 26.2 Å². The molecule has 0 nitrogen and oxygen atoms in total. The van der Waals surface area contributed by atoms with E-state index >= 15 is 0 Å². The van der Waals surface area contributed by atoms with Crippen molar-refractivity contribution < 1.29 is 0 Å². The first kappa shape index (κ1) is 18.6. The van der Waals surface area contributed by atoms with Gasteiger partial charge in [0.05, 0.1) is 0 Å². The van der Waals surface area contributed by atoms with Gasteiger partial charge in [0.15, 0.2) is 0 Å². The molecular weight excluding hydrogens is 204 g/mol. The van der Waals surface area contributed by atoms with E-state index in [1.165, 1.54) is 36.8 Å². The van der Waals surface area contributed by atoms with E-state index in [9.17, 15) is 0 Å². The van der Waals surface area contributed by atoms with Crippen molar-refractivity contribution in [1.82, 2.24) is 0 Å². The van der Waals surface area contributed by atoms with E-state index in [-0.39, 0.29) is 0 Å². The highest BCUT2D eigenvalue weighted by Crippen LogP contribution is 2.31. The van der Waals surface area contributed by atoms with Gasteiger partial charge >= 0.3 is 0 Å². The summed E-state index contributed by atoms with van der Waals surface area (Å²) in [6.45, 7) is 16.0. The number of rotatable bonds is 4. The van der Waals surface area contributed by atoms with Crippen LogP contribution < -0.4 is 0 Å². The van der Waals surface area contributed by atoms with Crippen LogP contribution in [0.15, 0.2) is 36.0 Å². The molecule has 0 heterocycles. The van der Waals surface area contributed by atoms with Gasteiger partial charge in [-0.15, -0.1) is 0 Å². The van der Waals surface area contributed by atoms with E-state index in [0.717, 1.165) is 5.92 Å².